The predicted octanol–water partition coefficient (Wildman–Crippen LogP) is 2.06. The van der Waals surface area contributed by atoms with Crippen LogP contribution in [0.5, 0.6) is 0 Å². The summed E-state index contributed by atoms with van der Waals surface area (Å²) in [6.07, 6.45) is 4.72. The third-order valence-electron chi connectivity index (χ3n) is 3.48. The lowest BCUT2D eigenvalue weighted by Crippen LogP contribution is -2.39. The van der Waals surface area contributed by atoms with E-state index in [0.29, 0.717) is 0 Å². The molecule has 4 heteroatoms. The van der Waals surface area contributed by atoms with Crippen molar-refractivity contribution in [3.8, 4) is 0 Å². The van der Waals surface area contributed by atoms with Crippen molar-refractivity contribution in [3.05, 3.63) is 23.7 Å². The molecule has 1 aromatic heterocycles. The third-order valence-corrected chi connectivity index (χ3v) is 3.48. The van der Waals surface area contributed by atoms with Crippen molar-refractivity contribution >= 4 is 5.97 Å². The smallest absolute Gasteiger partial charge is 0.320 e. The maximum atomic E-state index is 11.0. The van der Waals surface area contributed by atoms with E-state index >= 15 is 0 Å². The van der Waals surface area contributed by atoms with E-state index in [2.05, 4.69) is 0 Å². The van der Waals surface area contributed by atoms with Gasteiger partial charge in [-0.2, -0.15) is 0 Å². The molecule has 1 aliphatic carbocycles. The quantitative estimate of drug-likeness (QED) is 0.852. The molecule has 16 heavy (non-hydrogen) atoms. The molecule has 0 saturated heterocycles. The fourth-order valence-corrected chi connectivity index (χ4v) is 2.33. The lowest BCUT2D eigenvalue weighted by molar-refractivity contribution is -0.143. The lowest BCUT2D eigenvalue weighted by Gasteiger charge is -2.33. The van der Waals surface area contributed by atoms with Crippen LogP contribution in [-0.4, -0.2) is 29.1 Å². The third kappa shape index (κ3) is 1.85. The monoisotopic (exact) mass is 223 g/mol. The maximum absolute atomic E-state index is 11.0. The molecular weight excluding hydrogens is 206 g/mol. The molecule has 0 saturated carbocycles. The van der Waals surface area contributed by atoms with Crippen LogP contribution in [0.1, 0.15) is 37.1 Å². The Labute approximate surface area is 94.9 Å². The molecule has 2 unspecified atom stereocenters. The zero-order valence-corrected chi connectivity index (χ0v) is 9.64. The summed E-state index contributed by atoms with van der Waals surface area (Å²) in [4.78, 5) is 12.9. The van der Waals surface area contributed by atoms with Gasteiger partial charge in [-0.15, -0.1) is 0 Å². The zero-order valence-electron chi connectivity index (χ0n) is 9.64. The van der Waals surface area contributed by atoms with Gasteiger partial charge in [0.25, 0.3) is 0 Å². The minimum Gasteiger partial charge on any atom is -0.480 e. The Morgan fingerprint density at radius 2 is 2.44 bits per heavy atom. The van der Waals surface area contributed by atoms with Gasteiger partial charge in [-0.05, 0) is 32.9 Å². The molecule has 88 valence electrons. The summed E-state index contributed by atoms with van der Waals surface area (Å²) in [5.41, 5.74) is 1.15. The molecule has 0 amide bonds. The number of rotatable bonds is 3. The van der Waals surface area contributed by atoms with Crippen molar-refractivity contribution in [1.82, 2.24) is 4.90 Å². The Bertz CT molecular complexity index is 385. The van der Waals surface area contributed by atoms with Crippen LogP contribution in [0.2, 0.25) is 0 Å². The lowest BCUT2D eigenvalue weighted by atomic mass is 9.92. The first-order valence-corrected chi connectivity index (χ1v) is 5.62. The highest BCUT2D eigenvalue weighted by Crippen LogP contribution is 2.35. The minimum absolute atomic E-state index is 0.175. The summed E-state index contributed by atoms with van der Waals surface area (Å²) in [7, 11) is 1.87. The van der Waals surface area contributed by atoms with Gasteiger partial charge in [0.05, 0.1) is 6.26 Å². The molecule has 0 aromatic carbocycles. The van der Waals surface area contributed by atoms with E-state index in [4.69, 9.17) is 9.52 Å². The van der Waals surface area contributed by atoms with Crippen LogP contribution in [-0.2, 0) is 11.2 Å². The van der Waals surface area contributed by atoms with Gasteiger partial charge in [-0.25, -0.2) is 0 Å². The molecule has 1 aliphatic rings. The average Bonchev–Trinajstić information content (AvgIpc) is 2.74. The van der Waals surface area contributed by atoms with Gasteiger partial charge in [0.2, 0.25) is 0 Å². The molecule has 1 N–H and O–H groups in total. The molecule has 4 nitrogen and oxygen atoms in total. The average molecular weight is 223 g/mol. The second-order valence-electron chi connectivity index (χ2n) is 4.39. The van der Waals surface area contributed by atoms with Crippen LogP contribution < -0.4 is 0 Å². The molecule has 0 fully saturated rings. The summed E-state index contributed by atoms with van der Waals surface area (Å²) in [5, 5.41) is 9.02. The minimum atomic E-state index is -0.780. The van der Waals surface area contributed by atoms with Gasteiger partial charge < -0.3 is 9.52 Å². The topological polar surface area (TPSA) is 53.7 Å². The Morgan fingerprint density at radius 1 is 1.69 bits per heavy atom. The first-order chi connectivity index (χ1) is 7.61. The van der Waals surface area contributed by atoms with Crippen molar-refractivity contribution in [2.45, 2.75) is 38.3 Å². The summed E-state index contributed by atoms with van der Waals surface area (Å²) < 4.78 is 5.40. The van der Waals surface area contributed by atoms with Gasteiger partial charge in [-0.1, -0.05) is 0 Å². The van der Waals surface area contributed by atoms with E-state index in [1.54, 1.807) is 13.2 Å². The standard InChI is InChI=1S/C12H17NO3/c1-8(12(14)15)13(2)10-4-3-5-11-9(10)6-7-16-11/h6-8,10H,3-5H2,1-2H3,(H,14,15). The van der Waals surface area contributed by atoms with Crippen LogP contribution in [0.15, 0.2) is 16.7 Å². The molecule has 1 aromatic rings. The predicted molar refractivity (Wildman–Crippen MR) is 59.2 cm³/mol. The van der Waals surface area contributed by atoms with Gasteiger partial charge in [-0.3, -0.25) is 9.69 Å². The Morgan fingerprint density at radius 3 is 3.12 bits per heavy atom. The van der Waals surface area contributed by atoms with Crippen molar-refractivity contribution in [3.63, 3.8) is 0 Å². The van der Waals surface area contributed by atoms with E-state index in [0.717, 1.165) is 30.6 Å². The Hall–Kier alpha value is -1.29. The highest BCUT2D eigenvalue weighted by molar-refractivity contribution is 5.72. The van der Waals surface area contributed by atoms with Gasteiger partial charge >= 0.3 is 5.97 Å². The molecule has 0 spiro atoms. The maximum Gasteiger partial charge on any atom is 0.320 e. The van der Waals surface area contributed by atoms with E-state index in [1.807, 2.05) is 18.0 Å². The van der Waals surface area contributed by atoms with Crippen molar-refractivity contribution in [1.29, 1.82) is 0 Å². The summed E-state index contributed by atoms with van der Waals surface area (Å²) >= 11 is 0. The number of carboxylic acid groups (broad SMARTS) is 1. The molecule has 1 heterocycles. The van der Waals surface area contributed by atoms with E-state index in [-0.39, 0.29) is 6.04 Å². The van der Waals surface area contributed by atoms with Crippen LogP contribution in [0.4, 0.5) is 0 Å². The van der Waals surface area contributed by atoms with Crippen LogP contribution in [0, 0.1) is 0 Å². The van der Waals surface area contributed by atoms with E-state index in [1.165, 1.54) is 0 Å². The van der Waals surface area contributed by atoms with Gasteiger partial charge in [0, 0.05) is 18.0 Å². The number of carboxylic acids is 1. The number of nitrogens with zero attached hydrogens (tertiary/aromatic N) is 1. The fourth-order valence-electron chi connectivity index (χ4n) is 2.33. The van der Waals surface area contributed by atoms with Crippen molar-refractivity contribution in [2.24, 2.45) is 0 Å². The summed E-state index contributed by atoms with van der Waals surface area (Å²) in [5.74, 6) is 0.235. The first kappa shape index (κ1) is 11.2. The van der Waals surface area contributed by atoms with Crippen LogP contribution >= 0.6 is 0 Å². The van der Waals surface area contributed by atoms with E-state index in [9.17, 15) is 4.79 Å². The Kier molecular flexibility index (Phi) is 3.01. The van der Waals surface area contributed by atoms with Crippen LogP contribution in [0.3, 0.4) is 0 Å². The van der Waals surface area contributed by atoms with Crippen molar-refractivity contribution in [2.75, 3.05) is 7.05 Å². The number of likely N-dealkylation sites (N-methyl/N-ethyl adjacent to an activating group) is 1. The second-order valence-corrected chi connectivity index (χ2v) is 4.39. The molecule has 2 rings (SSSR count). The number of hydrogen-bond acceptors (Lipinski definition) is 3. The van der Waals surface area contributed by atoms with Crippen molar-refractivity contribution < 1.29 is 14.3 Å². The van der Waals surface area contributed by atoms with E-state index < -0.39 is 12.0 Å². The molecular formula is C12H17NO3. The largest absolute Gasteiger partial charge is 0.480 e. The Balaban J connectivity index is 2.21. The highest BCUT2D eigenvalue weighted by Gasteiger charge is 2.30. The number of furan rings is 1. The fraction of sp³-hybridized carbons (Fsp3) is 0.583. The second kappa shape index (κ2) is 4.29. The highest BCUT2D eigenvalue weighted by atomic mass is 16.4. The van der Waals surface area contributed by atoms with Gasteiger partial charge in [0.15, 0.2) is 0 Å². The van der Waals surface area contributed by atoms with Crippen LogP contribution in [0.25, 0.3) is 0 Å². The number of hydrogen-bond donors (Lipinski definition) is 1. The first-order valence-electron chi connectivity index (χ1n) is 5.62. The summed E-state index contributed by atoms with van der Waals surface area (Å²) in [6.45, 7) is 1.72. The number of aryl methyl sites for hydroxylation is 1. The normalized spacial score (nSPS) is 21.8. The molecule has 0 bridgehead atoms. The SMILES string of the molecule is CC(C(=O)O)N(C)C1CCCc2occc21. The molecule has 0 radical (unpaired) electrons. The zero-order chi connectivity index (χ0) is 11.7. The number of aliphatic carboxylic acids is 1. The molecule has 0 aliphatic heterocycles. The number of carbonyl (C=O) groups is 1. The van der Waals surface area contributed by atoms with Gasteiger partial charge in [0.1, 0.15) is 11.8 Å². The summed E-state index contributed by atoms with van der Waals surface area (Å²) in [6, 6.07) is 1.67. The number of fused-ring (bicyclic) bond motifs is 1. The molecule has 2 atom stereocenters.